The van der Waals surface area contributed by atoms with Gasteiger partial charge in [0.15, 0.2) is 0 Å². The summed E-state index contributed by atoms with van der Waals surface area (Å²) in [4.78, 5) is 31.3. The summed E-state index contributed by atoms with van der Waals surface area (Å²) in [5.41, 5.74) is 1.53. The van der Waals surface area contributed by atoms with Gasteiger partial charge in [0, 0.05) is 18.2 Å². The van der Waals surface area contributed by atoms with E-state index in [2.05, 4.69) is 15.6 Å². The molecule has 0 radical (unpaired) electrons. The SMILES string of the molecule is COc1cc(OC)c(NC(=O)CN2CCC(C(=O)Nc3cc(C)ccn3)CC2)cc1Cl. The van der Waals surface area contributed by atoms with Crippen molar-refractivity contribution in [2.75, 3.05) is 44.5 Å². The molecule has 9 heteroatoms. The normalized spacial score (nSPS) is 14.7. The molecular formula is C22H27ClN4O4. The summed E-state index contributed by atoms with van der Waals surface area (Å²) in [6.07, 6.45) is 3.04. The maximum absolute atomic E-state index is 12.5. The number of aromatic nitrogens is 1. The van der Waals surface area contributed by atoms with Crippen LogP contribution in [0.1, 0.15) is 18.4 Å². The topological polar surface area (TPSA) is 92.8 Å². The molecule has 3 rings (SSSR count). The summed E-state index contributed by atoms with van der Waals surface area (Å²) in [5, 5.41) is 6.11. The summed E-state index contributed by atoms with van der Waals surface area (Å²) in [6.45, 7) is 3.50. The monoisotopic (exact) mass is 446 g/mol. The van der Waals surface area contributed by atoms with E-state index >= 15 is 0 Å². The van der Waals surface area contributed by atoms with E-state index in [1.54, 1.807) is 18.3 Å². The number of nitrogens with one attached hydrogen (secondary N) is 2. The first-order valence-corrected chi connectivity index (χ1v) is 10.4. The van der Waals surface area contributed by atoms with Crippen molar-refractivity contribution in [3.63, 3.8) is 0 Å². The van der Waals surface area contributed by atoms with Crippen LogP contribution in [0.2, 0.25) is 5.02 Å². The van der Waals surface area contributed by atoms with Crippen molar-refractivity contribution in [2.24, 2.45) is 5.92 Å². The number of anilines is 2. The molecule has 0 atom stereocenters. The van der Waals surface area contributed by atoms with Crippen LogP contribution in [0.4, 0.5) is 11.5 Å². The van der Waals surface area contributed by atoms with Crippen molar-refractivity contribution in [2.45, 2.75) is 19.8 Å². The average Bonchev–Trinajstić information content (AvgIpc) is 2.74. The van der Waals surface area contributed by atoms with Gasteiger partial charge in [-0.3, -0.25) is 14.5 Å². The van der Waals surface area contributed by atoms with Crippen LogP contribution < -0.4 is 20.1 Å². The number of carbonyl (C=O) groups is 2. The second kappa shape index (κ2) is 10.5. The zero-order valence-electron chi connectivity index (χ0n) is 17.9. The Morgan fingerprint density at radius 1 is 1.13 bits per heavy atom. The standard InChI is InChI=1S/C22H27ClN4O4/c1-14-4-7-24-20(10-14)26-22(29)15-5-8-27(9-6-15)13-21(28)25-17-11-16(23)18(30-2)12-19(17)31-3/h4,7,10-12,15H,5-6,8-9,13H2,1-3H3,(H,25,28)(H,24,26,29). The summed E-state index contributed by atoms with van der Waals surface area (Å²) in [5.74, 6) is 1.21. The van der Waals surface area contributed by atoms with Gasteiger partial charge >= 0.3 is 0 Å². The number of ether oxygens (including phenoxy) is 2. The number of aryl methyl sites for hydroxylation is 1. The van der Waals surface area contributed by atoms with Gasteiger partial charge in [-0.2, -0.15) is 0 Å². The maximum Gasteiger partial charge on any atom is 0.238 e. The van der Waals surface area contributed by atoms with Gasteiger partial charge in [0.25, 0.3) is 0 Å². The van der Waals surface area contributed by atoms with E-state index in [1.807, 2.05) is 24.0 Å². The zero-order valence-corrected chi connectivity index (χ0v) is 18.7. The predicted molar refractivity (Wildman–Crippen MR) is 120 cm³/mol. The molecule has 1 aliphatic rings. The van der Waals surface area contributed by atoms with Gasteiger partial charge in [-0.15, -0.1) is 0 Å². The molecule has 166 valence electrons. The molecule has 1 aromatic carbocycles. The maximum atomic E-state index is 12.5. The highest BCUT2D eigenvalue weighted by atomic mass is 35.5. The third-order valence-electron chi connectivity index (χ3n) is 5.24. The predicted octanol–water partition coefficient (Wildman–Crippen LogP) is 3.35. The molecule has 31 heavy (non-hydrogen) atoms. The molecule has 1 aliphatic heterocycles. The lowest BCUT2D eigenvalue weighted by Crippen LogP contribution is -2.41. The number of pyridine rings is 1. The van der Waals surface area contributed by atoms with Crippen LogP contribution in [-0.4, -0.2) is 55.6 Å². The Morgan fingerprint density at radius 3 is 2.48 bits per heavy atom. The smallest absolute Gasteiger partial charge is 0.238 e. The molecule has 2 aromatic rings. The van der Waals surface area contributed by atoms with Crippen LogP contribution in [0.15, 0.2) is 30.5 Å². The van der Waals surface area contributed by atoms with Crippen LogP contribution in [-0.2, 0) is 9.59 Å². The van der Waals surface area contributed by atoms with Crippen LogP contribution in [0.25, 0.3) is 0 Å². The summed E-state index contributed by atoms with van der Waals surface area (Å²) in [7, 11) is 3.03. The highest BCUT2D eigenvalue weighted by Crippen LogP contribution is 2.35. The molecule has 1 fully saturated rings. The van der Waals surface area contributed by atoms with E-state index in [0.717, 1.165) is 5.56 Å². The van der Waals surface area contributed by atoms with E-state index in [9.17, 15) is 9.59 Å². The quantitative estimate of drug-likeness (QED) is 0.677. The van der Waals surface area contributed by atoms with Gasteiger partial charge < -0.3 is 20.1 Å². The third-order valence-corrected chi connectivity index (χ3v) is 5.54. The van der Waals surface area contributed by atoms with Gasteiger partial charge in [-0.25, -0.2) is 4.98 Å². The minimum atomic E-state index is -0.175. The summed E-state index contributed by atoms with van der Waals surface area (Å²) in [6, 6.07) is 6.96. The number of hydrogen-bond donors (Lipinski definition) is 2. The molecule has 0 bridgehead atoms. The van der Waals surface area contributed by atoms with Crippen molar-refractivity contribution < 1.29 is 19.1 Å². The van der Waals surface area contributed by atoms with E-state index in [1.165, 1.54) is 14.2 Å². The van der Waals surface area contributed by atoms with Gasteiger partial charge in [0.2, 0.25) is 11.8 Å². The van der Waals surface area contributed by atoms with Gasteiger partial charge in [-0.1, -0.05) is 11.6 Å². The minimum absolute atomic E-state index is 0.0280. The third kappa shape index (κ3) is 6.08. The number of carbonyl (C=O) groups excluding carboxylic acids is 2. The highest BCUT2D eigenvalue weighted by molar-refractivity contribution is 6.32. The van der Waals surface area contributed by atoms with Crippen LogP contribution in [0.5, 0.6) is 11.5 Å². The number of nitrogens with zero attached hydrogens (tertiary/aromatic N) is 2. The minimum Gasteiger partial charge on any atom is -0.495 e. The highest BCUT2D eigenvalue weighted by Gasteiger charge is 2.26. The Hall–Kier alpha value is -2.84. The molecule has 2 amide bonds. The Morgan fingerprint density at radius 2 is 1.84 bits per heavy atom. The van der Waals surface area contributed by atoms with Crippen molar-refractivity contribution >= 4 is 34.9 Å². The number of hydrogen-bond acceptors (Lipinski definition) is 6. The Balaban J connectivity index is 1.50. The fourth-order valence-electron chi connectivity index (χ4n) is 3.54. The van der Waals surface area contributed by atoms with E-state index < -0.39 is 0 Å². The molecule has 0 saturated carbocycles. The molecular weight excluding hydrogens is 420 g/mol. The first-order valence-electron chi connectivity index (χ1n) is 10.1. The van der Waals surface area contributed by atoms with Crippen LogP contribution >= 0.6 is 11.6 Å². The van der Waals surface area contributed by atoms with E-state index in [4.69, 9.17) is 21.1 Å². The van der Waals surface area contributed by atoms with Crippen LogP contribution in [0, 0.1) is 12.8 Å². The lowest BCUT2D eigenvalue weighted by molar-refractivity contribution is -0.121. The van der Waals surface area contributed by atoms with Gasteiger partial charge in [0.05, 0.1) is 31.5 Å². The van der Waals surface area contributed by atoms with Gasteiger partial charge in [-0.05, 0) is 56.6 Å². The summed E-state index contributed by atoms with van der Waals surface area (Å²) >= 11 is 6.16. The number of halogens is 1. The number of benzene rings is 1. The Kier molecular flexibility index (Phi) is 7.70. The average molecular weight is 447 g/mol. The number of methoxy groups -OCH3 is 2. The fraction of sp³-hybridized carbons (Fsp3) is 0.409. The second-order valence-corrected chi connectivity index (χ2v) is 7.90. The number of amides is 2. The lowest BCUT2D eigenvalue weighted by atomic mass is 9.96. The van der Waals surface area contributed by atoms with Crippen LogP contribution in [0.3, 0.4) is 0 Å². The Labute approximate surface area is 186 Å². The van der Waals surface area contributed by atoms with E-state index in [0.29, 0.717) is 54.0 Å². The zero-order chi connectivity index (χ0) is 22.4. The molecule has 2 N–H and O–H groups in total. The van der Waals surface area contributed by atoms with Gasteiger partial charge in [0.1, 0.15) is 17.3 Å². The van der Waals surface area contributed by atoms with Crippen molar-refractivity contribution in [3.8, 4) is 11.5 Å². The number of piperidine rings is 1. The Bertz CT molecular complexity index is 945. The van der Waals surface area contributed by atoms with Crippen molar-refractivity contribution in [1.82, 2.24) is 9.88 Å². The van der Waals surface area contributed by atoms with Crippen molar-refractivity contribution in [1.29, 1.82) is 0 Å². The molecule has 1 saturated heterocycles. The second-order valence-electron chi connectivity index (χ2n) is 7.49. The molecule has 2 heterocycles. The largest absolute Gasteiger partial charge is 0.495 e. The summed E-state index contributed by atoms with van der Waals surface area (Å²) < 4.78 is 10.5. The first-order chi connectivity index (χ1) is 14.9. The van der Waals surface area contributed by atoms with E-state index in [-0.39, 0.29) is 24.3 Å². The number of likely N-dealkylation sites (tertiary alicyclic amines) is 1. The fourth-order valence-corrected chi connectivity index (χ4v) is 3.78. The molecule has 0 spiro atoms. The molecule has 8 nitrogen and oxygen atoms in total. The first kappa shape index (κ1) is 22.8. The molecule has 1 aromatic heterocycles. The lowest BCUT2D eigenvalue weighted by Gasteiger charge is -2.30. The molecule has 0 aliphatic carbocycles. The number of rotatable bonds is 7. The molecule has 0 unspecified atom stereocenters. The van der Waals surface area contributed by atoms with Crippen molar-refractivity contribution in [3.05, 3.63) is 41.0 Å².